The molecule has 0 spiro atoms. The Labute approximate surface area is 116 Å². The molecule has 0 radical (unpaired) electrons. The van der Waals surface area contributed by atoms with Gasteiger partial charge in [-0.3, -0.25) is 0 Å². The second-order valence-electron chi connectivity index (χ2n) is 4.95. The first kappa shape index (κ1) is 11.2. The van der Waals surface area contributed by atoms with Crippen molar-refractivity contribution in [1.29, 1.82) is 0 Å². The molecule has 0 atom stereocenters. The third-order valence-electron chi connectivity index (χ3n) is 3.82. The summed E-state index contributed by atoms with van der Waals surface area (Å²) in [5.41, 5.74) is 6.77. The van der Waals surface area contributed by atoms with Gasteiger partial charge < -0.3 is 4.98 Å². The van der Waals surface area contributed by atoms with E-state index in [0.29, 0.717) is 0 Å². The number of benzene rings is 2. The number of fused-ring (bicyclic) bond motifs is 3. The normalized spacial score (nSPS) is 12.0. The van der Waals surface area contributed by atoms with Gasteiger partial charge in [-0.2, -0.15) is 0 Å². The molecule has 1 aliphatic rings. The zero-order valence-electron chi connectivity index (χ0n) is 10.8. The quantitative estimate of drug-likeness (QED) is 0.572. The predicted octanol–water partition coefficient (Wildman–Crippen LogP) is 3.01. The first-order valence-electron chi connectivity index (χ1n) is 6.59. The molecule has 0 fully saturated rings. The van der Waals surface area contributed by atoms with Crippen LogP contribution < -0.4 is 5.69 Å². The molecule has 96 valence electrons. The van der Waals surface area contributed by atoms with Crippen LogP contribution in [-0.2, 0) is 6.42 Å². The fraction of sp³-hybridized carbons (Fsp3) is 0.0588. The van der Waals surface area contributed by atoms with Crippen molar-refractivity contribution in [3.8, 4) is 22.4 Å². The summed E-state index contributed by atoms with van der Waals surface area (Å²) in [6.45, 7) is 0. The lowest BCUT2D eigenvalue weighted by molar-refractivity contribution is 1.08. The van der Waals surface area contributed by atoms with Crippen molar-refractivity contribution in [3.05, 3.63) is 76.3 Å². The molecule has 0 unspecified atom stereocenters. The number of aromatic nitrogens is 2. The maximum absolute atomic E-state index is 11.4. The molecule has 0 saturated carbocycles. The second kappa shape index (κ2) is 4.17. The summed E-state index contributed by atoms with van der Waals surface area (Å²) >= 11 is 0. The Morgan fingerprint density at radius 2 is 1.70 bits per heavy atom. The van der Waals surface area contributed by atoms with Gasteiger partial charge in [0, 0.05) is 11.8 Å². The number of hydrogen-bond acceptors (Lipinski definition) is 2. The minimum Gasteiger partial charge on any atom is -0.305 e. The highest BCUT2D eigenvalue weighted by molar-refractivity contribution is 5.83. The predicted molar refractivity (Wildman–Crippen MR) is 78.5 cm³/mol. The van der Waals surface area contributed by atoms with Gasteiger partial charge in [0.25, 0.3) is 0 Å². The molecule has 3 nitrogen and oxygen atoms in total. The van der Waals surface area contributed by atoms with Crippen LogP contribution in [0.2, 0.25) is 0 Å². The summed E-state index contributed by atoms with van der Waals surface area (Å²) < 4.78 is 0. The van der Waals surface area contributed by atoms with Gasteiger partial charge >= 0.3 is 5.69 Å². The van der Waals surface area contributed by atoms with Crippen molar-refractivity contribution in [3.63, 3.8) is 0 Å². The molecule has 0 saturated heterocycles. The van der Waals surface area contributed by atoms with E-state index in [9.17, 15) is 4.79 Å². The Balaban J connectivity index is 1.96. The zero-order chi connectivity index (χ0) is 13.5. The van der Waals surface area contributed by atoms with Crippen LogP contribution >= 0.6 is 0 Å². The molecule has 1 heterocycles. The van der Waals surface area contributed by atoms with E-state index in [1.807, 2.05) is 12.1 Å². The molecule has 0 bridgehead atoms. The summed E-state index contributed by atoms with van der Waals surface area (Å²) in [6, 6.07) is 16.5. The minimum atomic E-state index is -0.310. The van der Waals surface area contributed by atoms with Crippen LogP contribution in [0.15, 0.2) is 59.5 Å². The molecular weight excluding hydrogens is 248 g/mol. The highest BCUT2D eigenvalue weighted by atomic mass is 16.1. The lowest BCUT2D eigenvalue weighted by atomic mass is 9.99. The third-order valence-corrected chi connectivity index (χ3v) is 3.82. The Morgan fingerprint density at radius 1 is 0.900 bits per heavy atom. The van der Waals surface area contributed by atoms with Gasteiger partial charge in [0.15, 0.2) is 0 Å². The first-order chi connectivity index (χ1) is 9.83. The molecule has 4 rings (SSSR count). The van der Waals surface area contributed by atoms with Crippen molar-refractivity contribution in [2.45, 2.75) is 6.42 Å². The van der Waals surface area contributed by atoms with E-state index >= 15 is 0 Å². The molecule has 1 aromatic heterocycles. The average Bonchev–Trinajstić information content (AvgIpc) is 2.86. The van der Waals surface area contributed by atoms with E-state index in [2.05, 4.69) is 46.4 Å². The monoisotopic (exact) mass is 260 g/mol. The van der Waals surface area contributed by atoms with Crippen molar-refractivity contribution >= 4 is 0 Å². The van der Waals surface area contributed by atoms with Gasteiger partial charge in [0.05, 0.1) is 5.69 Å². The molecule has 3 heteroatoms. The Hall–Kier alpha value is -2.68. The fourth-order valence-corrected chi connectivity index (χ4v) is 2.94. The summed E-state index contributed by atoms with van der Waals surface area (Å²) in [6.07, 6.45) is 2.46. The molecule has 0 aliphatic heterocycles. The fourth-order valence-electron chi connectivity index (χ4n) is 2.94. The Bertz CT molecular complexity index is 865. The summed E-state index contributed by atoms with van der Waals surface area (Å²) in [4.78, 5) is 17.9. The highest BCUT2D eigenvalue weighted by Gasteiger charge is 2.21. The molecular formula is C17H12N2O. The maximum Gasteiger partial charge on any atom is 0.345 e. The first-order valence-corrected chi connectivity index (χ1v) is 6.59. The van der Waals surface area contributed by atoms with Gasteiger partial charge in [-0.05, 0) is 34.7 Å². The summed E-state index contributed by atoms with van der Waals surface area (Å²) in [5, 5.41) is 0. The summed E-state index contributed by atoms with van der Waals surface area (Å²) in [7, 11) is 0. The van der Waals surface area contributed by atoms with Crippen LogP contribution in [0.5, 0.6) is 0 Å². The molecule has 2 aromatic carbocycles. The van der Waals surface area contributed by atoms with Crippen LogP contribution in [0, 0.1) is 0 Å². The highest BCUT2D eigenvalue weighted by Crippen LogP contribution is 2.40. The van der Waals surface area contributed by atoms with E-state index in [4.69, 9.17) is 0 Å². The number of rotatable bonds is 1. The third kappa shape index (κ3) is 1.60. The molecule has 1 aliphatic carbocycles. The van der Waals surface area contributed by atoms with Crippen molar-refractivity contribution < 1.29 is 0 Å². The standard InChI is InChI=1S/C17H12N2O/c20-17-18-9-8-16(19-17)14-7-3-6-13-12-5-2-1-4-11(12)10-15(13)14/h1-9H,10H2,(H,18,19,20). The van der Waals surface area contributed by atoms with Gasteiger partial charge in [-0.1, -0.05) is 42.5 Å². The lowest BCUT2D eigenvalue weighted by Crippen LogP contribution is -2.09. The number of nitrogens with zero attached hydrogens (tertiary/aromatic N) is 1. The van der Waals surface area contributed by atoms with E-state index in [1.165, 1.54) is 22.3 Å². The number of hydrogen-bond donors (Lipinski definition) is 1. The van der Waals surface area contributed by atoms with Crippen LogP contribution in [0.1, 0.15) is 11.1 Å². The Kier molecular flexibility index (Phi) is 2.33. The van der Waals surface area contributed by atoms with E-state index in [-0.39, 0.29) is 5.69 Å². The van der Waals surface area contributed by atoms with Crippen molar-refractivity contribution in [2.24, 2.45) is 0 Å². The van der Waals surface area contributed by atoms with Crippen LogP contribution in [0.25, 0.3) is 22.4 Å². The molecule has 3 aromatic rings. The van der Waals surface area contributed by atoms with Gasteiger partial charge in [-0.25, -0.2) is 9.78 Å². The van der Waals surface area contributed by atoms with Crippen molar-refractivity contribution in [2.75, 3.05) is 0 Å². The zero-order valence-corrected chi connectivity index (χ0v) is 10.8. The van der Waals surface area contributed by atoms with Gasteiger partial charge in [-0.15, -0.1) is 0 Å². The average molecular weight is 260 g/mol. The largest absolute Gasteiger partial charge is 0.345 e. The van der Waals surface area contributed by atoms with Crippen LogP contribution in [0.3, 0.4) is 0 Å². The maximum atomic E-state index is 11.4. The van der Waals surface area contributed by atoms with Crippen LogP contribution in [-0.4, -0.2) is 9.97 Å². The van der Waals surface area contributed by atoms with Crippen LogP contribution in [0.4, 0.5) is 0 Å². The lowest BCUT2D eigenvalue weighted by Gasteiger charge is -2.08. The number of nitrogens with one attached hydrogen (secondary N) is 1. The van der Waals surface area contributed by atoms with Crippen molar-refractivity contribution in [1.82, 2.24) is 9.97 Å². The van der Waals surface area contributed by atoms with Gasteiger partial charge in [0.1, 0.15) is 0 Å². The van der Waals surface area contributed by atoms with E-state index in [1.54, 1.807) is 6.20 Å². The molecule has 1 N–H and O–H groups in total. The van der Waals surface area contributed by atoms with E-state index < -0.39 is 0 Å². The van der Waals surface area contributed by atoms with E-state index in [0.717, 1.165) is 17.7 Å². The topological polar surface area (TPSA) is 45.8 Å². The number of aromatic amines is 1. The Morgan fingerprint density at radius 3 is 2.60 bits per heavy atom. The van der Waals surface area contributed by atoms with Gasteiger partial charge in [0.2, 0.25) is 0 Å². The molecule has 20 heavy (non-hydrogen) atoms. The minimum absolute atomic E-state index is 0.310. The SMILES string of the molecule is O=c1nccc(-c2cccc3c2Cc2ccccc2-3)[nH]1. The second-order valence-corrected chi connectivity index (χ2v) is 4.95. The molecule has 0 amide bonds. The number of H-pyrrole nitrogens is 1. The smallest absolute Gasteiger partial charge is 0.305 e. The summed E-state index contributed by atoms with van der Waals surface area (Å²) in [5.74, 6) is 0.